The molecule has 0 amide bonds. The fourth-order valence-corrected chi connectivity index (χ4v) is 1.42. The van der Waals surface area contributed by atoms with Crippen molar-refractivity contribution in [2.75, 3.05) is 0 Å². The third-order valence-electron chi connectivity index (χ3n) is 3.25. The predicted octanol–water partition coefficient (Wildman–Crippen LogP) is 2.24. The summed E-state index contributed by atoms with van der Waals surface area (Å²) in [6.07, 6.45) is 5.24. The van der Waals surface area contributed by atoms with E-state index >= 15 is 0 Å². The highest BCUT2D eigenvalue weighted by atomic mass is 16.3. The lowest BCUT2D eigenvalue weighted by atomic mass is 9.81. The maximum atomic E-state index is 10.1. The van der Waals surface area contributed by atoms with Gasteiger partial charge in [-0.05, 0) is 24.3 Å². The number of rotatable bonds is 5. The maximum Gasteiger partial charge on any atom is 0.0632 e. The summed E-state index contributed by atoms with van der Waals surface area (Å²) in [6, 6.07) is 0. The molecule has 1 rings (SSSR count). The van der Waals surface area contributed by atoms with Gasteiger partial charge < -0.3 is 5.11 Å². The normalized spacial score (nSPS) is 14.2. The zero-order valence-electron chi connectivity index (χ0n) is 10.2. The molecule has 1 unspecified atom stereocenters. The van der Waals surface area contributed by atoms with E-state index in [0.29, 0.717) is 6.42 Å². The number of nitrogens with zero attached hydrogens (tertiary/aromatic N) is 2. The Morgan fingerprint density at radius 2 is 2.13 bits per heavy atom. The SMILES string of the molecule is CCn1cc(CC(O)C(C)(C)CC)cn1. The molecule has 1 aromatic rings. The third-order valence-corrected chi connectivity index (χ3v) is 3.25. The van der Waals surface area contributed by atoms with Gasteiger partial charge in [0, 0.05) is 19.2 Å². The molecule has 3 heteroatoms. The molecule has 0 saturated heterocycles. The number of aromatic nitrogens is 2. The molecular weight excluding hydrogens is 188 g/mol. The summed E-state index contributed by atoms with van der Waals surface area (Å²) in [5.41, 5.74) is 1.10. The standard InChI is InChI=1S/C12H22N2O/c1-5-12(3,4)11(15)7-10-8-13-14(6-2)9-10/h8-9,11,15H,5-7H2,1-4H3. The van der Waals surface area contributed by atoms with E-state index in [2.05, 4.69) is 32.8 Å². The first-order chi connectivity index (χ1) is 6.99. The quantitative estimate of drug-likeness (QED) is 0.809. The average molecular weight is 210 g/mol. The highest BCUT2D eigenvalue weighted by molar-refractivity contribution is 5.06. The minimum absolute atomic E-state index is 0.0195. The van der Waals surface area contributed by atoms with Crippen LogP contribution in [-0.2, 0) is 13.0 Å². The Kier molecular flexibility index (Phi) is 3.91. The molecule has 1 N–H and O–H groups in total. The fraction of sp³-hybridized carbons (Fsp3) is 0.750. The molecule has 1 aromatic heterocycles. The third kappa shape index (κ3) is 3.06. The van der Waals surface area contributed by atoms with Crippen LogP contribution < -0.4 is 0 Å². The van der Waals surface area contributed by atoms with Gasteiger partial charge in [0.15, 0.2) is 0 Å². The van der Waals surface area contributed by atoms with E-state index in [4.69, 9.17) is 0 Å². The number of hydrogen-bond acceptors (Lipinski definition) is 2. The summed E-state index contributed by atoms with van der Waals surface area (Å²) in [5.74, 6) is 0. The Morgan fingerprint density at radius 3 is 2.60 bits per heavy atom. The molecule has 0 aliphatic rings. The van der Waals surface area contributed by atoms with E-state index in [1.807, 2.05) is 17.1 Å². The van der Waals surface area contributed by atoms with Crippen molar-refractivity contribution in [1.82, 2.24) is 9.78 Å². The zero-order chi connectivity index (χ0) is 11.5. The first kappa shape index (κ1) is 12.2. The van der Waals surface area contributed by atoms with Gasteiger partial charge in [-0.15, -0.1) is 0 Å². The summed E-state index contributed by atoms with van der Waals surface area (Å²) >= 11 is 0. The second-order valence-corrected chi connectivity index (χ2v) is 4.77. The van der Waals surface area contributed by atoms with Crippen LogP contribution in [0, 0.1) is 5.41 Å². The summed E-state index contributed by atoms with van der Waals surface area (Å²) in [4.78, 5) is 0. The number of aliphatic hydroxyl groups excluding tert-OH is 1. The molecule has 0 spiro atoms. The van der Waals surface area contributed by atoms with E-state index in [-0.39, 0.29) is 11.5 Å². The Balaban J connectivity index is 2.61. The smallest absolute Gasteiger partial charge is 0.0632 e. The van der Waals surface area contributed by atoms with Gasteiger partial charge >= 0.3 is 0 Å². The summed E-state index contributed by atoms with van der Waals surface area (Å²) in [7, 11) is 0. The van der Waals surface area contributed by atoms with Crippen molar-refractivity contribution in [3.63, 3.8) is 0 Å². The van der Waals surface area contributed by atoms with Crippen molar-refractivity contribution < 1.29 is 5.11 Å². The fourth-order valence-electron chi connectivity index (χ4n) is 1.42. The van der Waals surface area contributed by atoms with Crippen LogP contribution in [0.5, 0.6) is 0 Å². The zero-order valence-corrected chi connectivity index (χ0v) is 10.2. The molecule has 15 heavy (non-hydrogen) atoms. The van der Waals surface area contributed by atoms with Gasteiger partial charge in [0.25, 0.3) is 0 Å². The van der Waals surface area contributed by atoms with Crippen LogP contribution in [0.4, 0.5) is 0 Å². The minimum Gasteiger partial charge on any atom is -0.392 e. The van der Waals surface area contributed by atoms with E-state index < -0.39 is 0 Å². The lowest BCUT2D eigenvalue weighted by Crippen LogP contribution is -2.30. The summed E-state index contributed by atoms with van der Waals surface area (Å²) < 4.78 is 1.89. The van der Waals surface area contributed by atoms with Gasteiger partial charge in [-0.3, -0.25) is 4.68 Å². The van der Waals surface area contributed by atoms with Crippen LogP contribution in [0.2, 0.25) is 0 Å². The van der Waals surface area contributed by atoms with Crippen molar-refractivity contribution in [3.8, 4) is 0 Å². The van der Waals surface area contributed by atoms with Gasteiger partial charge in [-0.2, -0.15) is 5.10 Å². The van der Waals surface area contributed by atoms with E-state index in [9.17, 15) is 5.11 Å². The Bertz CT molecular complexity index is 304. The molecule has 0 bridgehead atoms. The van der Waals surface area contributed by atoms with Gasteiger partial charge in [0.05, 0.1) is 12.3 Å². The summed E-state index contributed by atoms with van der Waals surface area (Å²) in [5, 5.41) is 14.3. The van der Waals surface area contributed by atoms with E-state index in [1.54, 1.807) is 0 Å². The van der Waals surface area contributed by atoms with Crippen molar-refractivity contribution in [1.29, 1.82) is 0 Å². The summed E-state index contributed by atoms with van der Waals surface area (Å²) in [6.45, 7) is 9.25. The predicted molar refractivity (Wildman–Crippen MR) is 61.7 cm³/mol. The monoisotopic (exact) mass is 210 g/mol. The molecule has 0 aliphatic carbocycles. The van der Waals surface area contributed by atoms with Crippen molar-refractivity contribution >= 4 is 0 Å². The van der Waals surface area contributed by atoms with Crippen LogP contribution in [0.3, 0.4) is 0 Å². The average Bonchev–Trinajstić information content (AvgIpc) is 2.65. The van der Waals surface area contributed by atoms with E-state index in [0.717, 1.165) is 18.5 Å². The van der Waals surface area contributed by atoms with E-state index in [1.165, 1.54) is 0 Å². The highest BCUT2D eigenvalue weighted by Crippen LogP contribution is 2.26. The molecule has 0 aromatic carbocycles. The molecule has 0 saturated carbocycles. The number of hydrogen-bond donors (Lipinski definition) is 1. The lowest BCUT2D eigenvalue weighted by molar-refractivity contribution is 0.0479. The minimum atomic E-state index is -0.294. The molecule has 3 nitrogen and oxygen atoms in total. The molecule has 0 aliphatic heterocycles. The lowest BCUT2D eigenvalue weighted by Gasteiger charge is -2.28. The molecule has 0 radical (unpaired) electrons. The van der Waals surface area contributed by atoms with Crippen LogP contribution in [-0.4, -0.2) is 21.0 Å². The number of aliphatic hydroxyl groups is 1. The first-order valence-corrected chi connectivity index (χ1v) is 5.69. The van der Waals surface area contributed by atoms with Crippen LogP contribution in [0.1, 0.15) is 39.7 Å². The highest BCUT2D eigenvalue weighted by Gasteiger charge is 2.25. The Hall–Kier alpha value is -0.830. The molecular formula is C12H22N2O. The van der Waals surface area contributed by atoms with Crippen molar-refractivity contribution in [2.24, 2.45) is 5.41 Å². The Labute approximate surface area is 92.1 Å². The van der Waals surface area contributed by atoms with Gasteiger partial charge in [-0.1, -0.05) is 20.8 Å². The molecule has 0 fully saturated rings. The van der Waals surface area contributed by atoms with Gasteiger partial charge in [0.2, 0.25) is 0 Å². The maximum absolute atomic E-state index is 10.1. The van der Waals surface area contributed by atoms with Gasteiger partial charge in [-0.25, -0.2) is 0 Å². The second kappa shape index (κ2) is 4.79. The van der Waals surface area contributed by atoms with Gasteiger partial charge in [0.1, 0.15) is 0 Å². The number of aryl methyl sites for hydroxylation is 1. The van der Waals surface area contributed by atoms with Crippen molar-refractivity contribution in [3.05, 3.63) is 18.0 Å². The molecule has 1 atom stereocenters. The Morgan fingerprint density at radius 1 is 1.47 bits per heavy atom. The second-order valence-electron chi connectivity index (χ2n) is 4.77. The van der Waals surface area contributed by atoms with Crippen LogP contribution >= 0.6 is 0 Å². The van der Waals surface area contributed by atoms with Crippen molar-refractivity contribution in [2.45, 2.75) is 53.2 Å². The van der Waals surface area contributed by atoms with Crippen LogP contribution in [0.25, 0.3) is 0 Å². The molecule has 1 heterocycles. The topological polar surface area (TPSA) is 38.0 Å². The molecule has 86 valence electrons. The van der Waals surface area contributed by atoms with Crippen LogP contribution in [0.15, 0.2) is 12.4 Å². The first-order valence-electron chi connectivity index (χ1n) is 5.69. The largest absolute Gasteiger partial charge is 0.392 e.